The van der Waals surface area contributed by atoms with Crippen molar-refractivity contribution in [3.63, 3.8) is 0 Å². The fourth-order valence-electron chi connectivity index (χ4n) is 3.94. The summed E-state index contributed by atoms with van der Waals surface area (Å²) in [5.41, 5.74) is 2.40. The highest BCUT2D eigenvalue weighted by Crippen LogP contribution is 2.34. The second-order valence-corrected chi connectivity index (χ2v) is 7.35. The lowest BCUT2D eigenvalue weighted by molar-refractivity contribution is -0.122. The summed E-state index contributed by atoms with van der Waals surface area (Å²) in [4.78, 5) is 25.8. The van der Waals surface area contributed by atoms with Gasteiger partial charge in [-0.1, -0.05) is 30.3 Å². The van der Waals surface area contributed by atoms with Gasteiger partial charge < -0.3 is 19.4 Å². The Labute approximate surface area is 172 Å². The van der Waals surface area contributed by atoms with Crippen LogP contribution >= 0.6 is 0 Å². The Kier molecular flexibility index (Phi) is 4.39. The quantitative estimate of drug-likeness (QED) is 0.530. The lowest BCUT2D eigenvalue weighted by Crippen LogP contribution is -2.30. The molecule has 0 unspecified atom stereocenters. The van der Waals surface area contributed by atoms with Crippen LogP contribution in [0.4, 0.5) is 0 Å². The number of rotatable bonds is 4. The zero-order chi connectivity index (χ0) is 20.7. The van der Waals surface area contributed by atoms with Crippen molar-refractivity contribution in [2.75, 3.05) is 6.79 Å². The molecule has 0 bridgehead atoms. The van der Waals surface area contributed by atoms with Crippen LogP contribution in [-0.2, 0) is 11.3 Å². The summed E-state index contributed by atoms with van der Waals surface area (Å²) >= 11 is 0. The molecule has 2 heterocycles. The summed E-state index contributed by atoms with van der Waals surface area (Å²) in [6.45, 7) is 2.25. The lowest BCUT2D eigenvalue weighted by Gasteiger charge is -2.18. The summed E-state index contributed by atoms with van der Waals surface area (Å²) < 4.78 is 12.7. The van der Waals surface area contributed by atoms with Crippen LogP contribution in [0.3, 0.4) is 0 Å². The van der Waals surface area contributed by atoms with Crippen molar-refractivity contribution in [1.29, 1.82) is 0 Å². The van der Waals surface area contributed by atoms with E-state index in [9.17, 15) is 9.59 Å². The van der Waals surface area contributed by atoms with E-state index in [-0.39, 0.29) is 30.7 Å². The van der Waals surface area contributed by atoms with Crippen molar-refractivity contribution in [3.8, 4) is 11.5 Å². The van der Waals surface area contributed by atoms with Gasteiger partial charge in [0.2, 0.25) is 12.7 Å². The third-order valence-electron chi connectivity index (χ3n) is 5.45. The van der Waals surface area contributed by atoms with Gasteiger partial charge in [0.15, 0.2) is 16.9 Å². The number of hydrogen-bond donors (Lipinski definition) is 1. The minimum absolute atomic E-state index is 0.0217. The molecule has 1 atom stereocenters. The Balaban J connectivity index is 1.47. The summed E-state index contributed by atoms with van der Waals surface area (Å²) in [6.07, 6.45) is 0. The van der Waals surface area contributed by atoms with Gasteiger partial charge in [0.25, 0.3) is 0 Å². The molecule has 1 aliphatic heterocycles. The van der Waals surface area contributed by atoms with E-state index in [4.69, 9.17) is 9.47 Å². The first kappa shape index (κ1) is 18.2. The monoisotopic (exact) mass is 400 g/mol. The van der Waals surface area contributed by atoms with Crippen molar-refractivity contribution in [2.45, 2.75) is 19.5 Å². The van der Waals surface area contributed by atoms with Crippen LogP contribution in [0.15, 0.2) is 71.5 Å². The van der Waals surface area contributed by atoms with Crippen molar-refractivity contribution in [1.82, 2.24) is 9.88 Å². The first-order valence-corrected chi connectivity index (χ1v) is 9.81. The minimum Gasteiger partial charge on any atom is -0.454 e. The van der Waals surface area contributed by atoms with Crippen LogP contribution in [0.25, 0.3) is 21.8 Å². The molecule has 1 aliphatic rings. The molecule has 3 aromatic carbocycles. The number of benzene rings is 3. The molecule has 0 saturated carbocycles. The van der Waals surface area contributed by atoms with Gasteiger partial charge in [-0.15, -0.1) is 0 Å². The number of amides is 1. The SMILES string of the molecule is C[C@H](NC(=O)Cn1c2ccccc2c(=O)c2ccccc21)c1ccc2c(c1)OCO2. The number of nitrogens with one attached hydrogen (secondary N) is 1. The highest BCUT2D eigenvalue weighted by Gasteiger charge is 2.18. The molecule has 0 saturated heterocycles. The van der Waals surface area contributed by atoms with Gasteiger partial charge in [-0.3, -0.25) is 9.59 Å². The van der Waals surface area contributed by atoms with E-state index < -0.39 is 0 Å². The van der Waals surface area contributed by atoms with Crippen molar-refractivity contribution >= 4 is 27.7 Å². The third-order valence-corrected chi connectivity index (χ3v) is 5.45. The average Bonchev–Trinajstić information content (AvgIpc) is 3.24. The number of ether oxygens (including phenoxy) is 2. The maximum atomic E-state index is 12.9. The maximum Gasteiger partial charge on any atom is 0.240 e. The van der Waals surface area contributed by atoms with E-state index in [1.165, 1.54) is 0 Å². The molecule has 4 aromatic rings. The van der Waals surface area contributed by atoms with Crippen molar-refractivity contribution in [2.24, 2.45) is 0 Å². The normalized spacial score (nSPS) is 13.5. The number of carbonyl (C=O) groups is 1. The van der Waals surface area contributed by atoms with Crippen LogP contribution in [0.5, 0.6) is 11.5 Å². The number of para-hydroxylation sites is 2. The van der Waals surface area contributed by atoms with Crippen LogP contribution in [0.2, 0.25) is 0 Å². The van der Waals surface area contributed by atoms with E-state index in [2.05, 4.69) is 5.32 Å². The second kappa shape index (κ2) is 7.22. The van der Waals surface area contributed by atoms with Crippen molar-refractivity contribution in [3.05, 3.63) is 82.5 Å². The van der Waals surface area contributed by atoms with E-state index in [1.54, 1.807) is 12.1 Å². The Morgan fingerprint density at radius 1 is 0.967 bits per heavy atom. The molecule has 0 aliphatic carbocycles. The molecule has 1 N–H and O–H groups in total. The molecule has 1 amide bonds. The van der Waals surface area contributed by atoms with Gasteiger partial charge in [0.05, 0.1) is 17.1 Å². The second-order valence-electron chi connectivity index (χ2n) is 7.35. The van der Waals surface area contributed by atoms with Gasteiger partial charge in [-0.2, -0.15) is 0 Å². The summed E-state index contributed by atoms with van der Waals surface area (Å²) in [5, 5.41) is 4.25. The Bertz CT molecular complexity index is 1280. The number of nitrogens with zero attached hydrogens (tertiary/aromatic N) is 1. The van der Waals surface area contributed by atoms with E-state index in [1.807, 2.05) is 66.1 Å². The molecule has 150 valence electrons. The van der Waals surface area contributed by atoms with E-state index >= 15 is 0 Å². The zero-order valence-corrected chi connectivity index (χ0v) is 16.4. The van der Waals surface area contributed by atoms with Gasteiger partial charge in [0, 0.05) is 10.8 Å². The first-order chi connectivity index (χ1) is 14.6. The molecule has 6 heteroatoms. The summed E-state index contributed by atoms with van der Waals surface area (Å²) in [6, 6.07) is 20.2. The van der Waals surface area contributed by atoms with Crippen LogP contribution in [0, 0.1) is 0 Å². The Morgan fingerprint density at radius 2 is 1.60 bits per heavy atom. The Hall–Kier alpha value is -3.80. The third kappa shape index (κ3) is 3.06. The molecular weight excluding hydrogens is 380 g/mol. The molecule has 30 heavy (non-hydrogen) atoms. The van der Waals surface area contributed by atoms with Gasteiger partial charge in [0.1, 0.15) is 6.54 Å². The highest BCUT2D eigenvalue weighted by molar-refractivity contribution is 5.94. The molecule has 6 nitrogen and oxygen atoms in total. The molecule has 0 spiro atoms. The average molecular weight is 400 g/mol. The topological polar surface area (TPSA) is 69.6 Å². The minimum atomic E-state index is -0.205. The van der Waals surface area contributed by atoms with Crippen LogP contribution in [0.1, 0.15) is 18.5 Å². The number of pyridine rings is 1. The van der Waals surface area contributed by atoms with Gasteiger partial charge >= 0.3 is 0 Å². The summed E-state index contributed by atoms with van der Waals surface area (Å²) in [5.74, 6) is 1.26. The van der Waals surface area contributed by atoms with Crippen molar-refractivity contribution < 1.29 is 14.3 Å². The molecular formula is C24H20N2O4. The molecule has 1 aromatic heterocycles. The fourth-order valence-corrected chi connectivity index (χ4v) is 3.94. The number of carbonyl (C=O) groups excluding carboxylic acids is 1. The van der Waals surface area contributed by atoms with E-state index in [0.717, 1.165) is 16.6 Å². The summed E-state index contributed by atoms with van der Waals surface area (Å²) in [7, 11) is 0. The molecule has 5 rings (SSSR count). The highest BCUT2D eigenvalue weighted by atomic mass is 16.7. The molecule has 0 radical (unpaired) electrons. The predicted molar refractivity (Wildman–Crippen MR) is 115 cm³/mol. The smallest absolute Gasteiger partial charge is 0.240 e. The van der Waals surface area contributed by atoms with Crippen LogP contribution in [-0.4, -0.2) is 17.3 Å². The van der Waals surface area contributed by atoms with E-state index in [0.29, 0.717) is 22.3 Å². The fraction of sp³-hybridized carbons (Fsp3) is 0.167. The Morgan fingerprint density at radius 3 is 2.30 bits per heavy atom. The zero-order valence-electron chi connectivity index (χ0n) is 16.4. The lowest BCUT2D eigenvalue weighted by atomic mass is 10.1. The van der Waals surface area contributed by atoms with Gasteiger partial charge in [-0.25, -0.2) is 0 Å². The number of hydrogen-bond acceptors (Lipinski definition) is 4. The predicted octanol–water partition coefficient (Wildman–Crippen LogP) is 3.76. The molecule has 0 fully saturated rings. The van der Waals surface area contributed by atoms with Gasteiger partial charge in [-0.05, 0) is 48.9 Å². The standard InChI is InChI=1S/C24H20N2O4/c1-15(16-10-11-21-22(12-16)30-14-29-21)25-23(27)13-26-19-8-4-2-6-17(19)24(28)18-7-3-5-9-20(18)26/h2-12,15H,13-14H2,1H3,(H,25,27)/t15-/m0/s1. The largest absolute Gasteiger partial charge is 0.454 e. The maximum absolute atomic E-state index is 12.9. The number of aromatic nitrogens is 1. The van der Waals surface area contributed by atoms with Crippen LogP contribution < -0.4 is 20.2 Å². The number of fused-ring (bicyclic) bond motifs is 3. The first-order valence-electron chi connectivity index (χ1n) is 9.81.